The van der Waals surface area contributed by atoms with Gasteiger partial charge in [0.1, 0.15) is 5.69 Å². The predicted octanol–water partition coefficient (Wildman–Crippen LogP) is 5.74. The third kappa shape index (κ3) is 3.54. The number of para-hydroxylation sites is 1. The molecule has 1 aliphatic carbocycles. The molecular weight excluding hydrogens is 400 g/mol. The maximum atomic E-state index is 13.6. The van der Waals surface area contributed by atoms with Gasteiger partial charge in [-0.2, -0.15) is 0 Å². The van der Waals surface area contributed by atoms with Crippen LogP contribution in [0.15, 0.2) is 66.2 Å². The van der Waals surface area contributed by atoms with Gasteiger partial charge < -0.3 is 14.6 Å². The van der Waals surface area contributed by atoms with E-state index in [2.05, 4.69) is 19.1 Å². The second-order valence-corrected chi connectivity index (χ2v) is 8.66. The molecular formula is C27H26N2O3. The van der Waals surface area contributed by atoms with Gasteiger partial charge >= 0.3 is 5.97 Å². The summed E-state index contributed by atoms with van der Waals surface area (Å²) in [6.07, 6.45) is 4.72. The van der Waals surface area contributed by atoms with Gasteiger partial charge in [-0.25, -0.2) is 4.79 Å². The van der Waals surface area contributed by atoms with Crippen LogP contribution in [0.2, 0.25) is 0 Å². The SMILES string of the molecule is CC1=C(c2ccc(C(=O)N3Cc4ccc(C(=O)O)n4Cc4ccccc43)cc2)CCCC1. The summed E-state index contributed by atoms with van der Waals surface area (Å²) < 4.78 is 1.79. The number of nitrogens with zero attached hydrogens (tertiary/aromatic N) is 2. The van der Waals surface area contributed by atoms with Crippen molar-refractivity contribution in [3.05, 3.63) is 94.3 Å². The molecule has 3 aromatic rings. The molecule has 162 valence electrons. The van der Waals surface area contributed by atoms with Crippen molar-refractivity contribution in [2.24, 2.45) is 0 Å². The summed E-state index contributed by atoms with van der Waals surface area (Å²) in [6, 6.07) is 19.1. The Labute approximate surface area is 187 Å². The Kier molecular flexibility index (Phi) is 5.17. The van der Waals surface area contributed by atoms with Gasteiger partial charge in [0.15, 0.2) is 0 Å². The van der Waals surface area contributed by atoms with Crippen LogP contribution in [0.1, 0.15) is 70.3 Å². The van der Waals surface area contributed by atoms with Crippen molar-refractivity contribution in [1.29, 1.82) is 0 Å². The van der Waals surface area contributed by atoms with Gasteiger partial charge in [-0.05, 0) is 79.6 Å². The average Bonchev–Trinajstić information content (AvgIpc) is 3.13. The van der Waals surface area contributed by atoms with Crippen LogP contribution in [-0.2, 0) is 13.1 Å². The molecule has 0 bridgehead atoms. The van der Waals surface area contributed by atoms with Gasteiger partial charge in [0.25, 0.3) is 5.91 Å². The van der Waals surface area contributed by atoms with Crippen LogP contribution in [0.3, 0.4) is 0 Å². The second-order valence-electron chi connectivity index (χ2n) is 8.66. The fourth-order valence-corrected chi connectivity index (χ4v) is 4.94. The first-order valence-electron chi connectivity index (χ1n) is 11.1. The highest BCUT2D eigenvalue weighted by molar-refractivity contribution is 6.06. The van der Waals surface area contributed by atoms with E-state index >= 15 is 0 Å². The lowest BCUT2D eigenvalue weighted by Gasteiger charge is -2.23. The van der Waals surface area contributed by atoms with Crippen LogP contribution in [-0.4, -0.2) is 21.6 Å². The number of fused-ring (bicyclic) bond motifs is 2. The van der Waals surface area contributed by atoms with E-state index in [4.69, 9.17) is 0 Å². The molecule has 0 saturated heterocycles. The fraction of sp³-hybridized carbons (Fsp3) is 0.259. The predicted molar refractivity (Wildman–Crippen MR) is 125 cm³/mol. The number of carboxylic acid groups (broad SMARTS) is 1. The van der Waals surface area contributed by atoms with Gasteiger partial charge in [0.2, 0.25) is 0 Å². The normalized spacial score (nSPS) is 15.7. The number of allylic oxidation sites excluding steroid dienone is 2. The summed E-state index contributed by atoms with van der Waals surface area (Å²) in [7, 11) is 0. The summed E-state index contributed by atoms with van der Waals surface area (Å²) >= 11 is 0. The van der Waals surface area contributed by atoms with Crippen molar-refractivity contribution in [3.63, 3.8) is 0 Å². The molecule has 0 saturated carbocycles. The standard InChI is InChI=1S/C27H26N2O3/c1-18-6-2-4-8-23(18)19-10-12-20(13-11-19)26(30)29-17-22-14-15-25(27(31)32)28(22)16-21-7-3-5-9-24(21)29/h3,5,7,9-15H,2,4,6,8,16-17H2,1H3,(H,31,32). The molecule has 1 amide bonds. The molecule has 2 aliphatic rings. The molecule has 5 heteroatoms. The first kappa shape index (κ1) is 20.3. The highest BCUT2D eigenvalue weighted by atomic mass is 16.4. The van der Waals surface area contributed by atoms with Crippen molar-refractivity contribution in [2.45, 2.75) is 45.7 Å². The van der Waals surface area contributed by atoms with Crippen LogP contribution < -0.4 is 4.90 Å². The number of hydrogen-bond acceptors (Lipinski definition) is 2. The van der Waals surface area contributed by atoms with Crippen LogP contribution >= 0.6 is 0 Å². The van der Waals surface area contributed by atoms with Gasteiger partial charge in [-0.1, -0.05) is 35.9 Å². The second kappa shape index (κ2) is 8.15. The molecule has 0 radical (unpaired) electrons. The van der Waals surface area contributed by atoms with Crippen LogP contribution in [0.25, 0.3) is 5.57 Å². The maximum absolute atomic E-state index is 13.6. The number of aromatic carboxylic acids is 1. The topological polar surface area (TPSA) is 62.5 Å². The number of benzene rings is 2. The zero-order valence-corrected chi connectivity index (χ0v) is 18.2. The van der Waals surface area contributed by atoms with E-state index < -0.39 is 5.97 Å². The number of anilines is 1. The summed E-state index contributed by atoms with van der Waals surface area (Å²) in [6.45, 7) is 2.97. The molecule has 0 spiro atoms. The summed E-state index contributed by atoms with van der Waals surface area (Å²) in [5.74, 6) is -1.04. The van der Waals surface area contributed by atoms with E-state index in [1.165, 1.54) is 29.6 Å². The van der Waals surface area contributed by atoms with E-state index in [9.17, 15) is 14.7 Å². The molecule has 5 rings (SSSR count). The van der Waals surface area contributed by atoms with Gasteiger partial charge in [0, 0.05) is 16.9 Å². The highest BCUT2D eigenvalue weighted by Gasteiger charge is 2.27. The third-order valence-corrected chi connectivity index (χ3v) is 6.69. The van der Waals surface area contributed by atoms with Crippen LogP contribution in [0.5, 0.6) is 0 Å². The smallest absolute Gasteiger partial charge is 0.352 e. The number of carbonyl (C=O) groups is 2. The van der Waals surface area contributed by atoms with E-state index in [0.717, 1.165) is 29.8 Å². The largest absolute Gasteiger partial charge is 0.477 e. The van der Waals surface area contributed by atoms with Gasteiger partial charge in [-0.15, -0.1) is 0 Å². The van der Waals surface area contributed by atoms with Crippen molar-refractivity contribution >= 4 is 23.1 Å². The van der Waals surface area contributed by atoms with E-state index in [1.54, 1.807) is 21.6 Å². The lowest BCUT2D eigenvalue weighted by molar-refractivity contribution is 0.0685. The first-order valence-corrected chi connectivity index (χ1v) is 11.1. The van der Waals surface area contributed by atoms with Crippen molar-refractivity contribution in [3.8, 4) is 0 Å². The average molecular weight is 427 g/mol. The van der Waals surface area contributed by atoms with Crippen molar-refractivity contribution in [2.75, 3.05) is 4.90 Å². The Bertz CT molecular complexity index is 1230. The number of aromatic nitrogens is 1. The molecule has 0 unspecified atom stereocenters. The quantitative estimate of drug-likeness (QED) is 0.581. The summed E-state index contributed by atoms with van der Waals surface area (Å²) in [4.78, 5) is 27.0. The molecule has 1 N–H and O–H groups in total. The maximum Gasteiger partial charge on any atom is 0.352 e. The minimum Gasteiger partial charge on any atom is -0.477 e. The number of amides is 1. The van der Waals surface area contributed by atoms with Crippen LogP contribution in [0, 0.1) is 0 Å². The number of hydrogen-bond donors (Lipinski definition) is 1. The summed E-state index contributed by atoms with van der Waals surface area (Å²) in [5, 5.41) is 9.57. The molecule has 1 aromatic heterocycles. The van der Waals surface area contributed by atoms with E-state index in [1.807, 2.05) is 36.4 Å². The lowest BCUT2D eigenvalue weighted by Crippen LogP contribution is -2.30. The highest BCUT2D eigenvalue weighted by Crippen LogP contribution is 2.33. The van der Waals surface area contributed by atoms with Crippen molar-refractivity contribution in [1.82, 2.24) is 4.57 Å². The molecule has 5 nitrogen and oxygen atoms in total. The Hall–Kier alpha value is -3.60. The molecule has 1 aliphatic heterocycles. The zero-order chi connectivity index (χ0) is 22.2. The minimum atomic E-state index is -0.962. The number of rotatable bonds is 3. The zero-order valence-electron chi connectivity index (χ0n) is 18.2. The molecule has 2 aromatic carbocycles. The van der Waals surface area contributed by atoms with E-state index in [-0.39, 0.29) is 11.6 Å². The Morgan fingerprint density at radius 2 is 1.62 bits per heavy atom. The van der Waals surface area contributed by atoms with Gasteiger partial charge in [0.05, 0.1) is 13.1 Å². The molecule has 0 atom stereocenters. The molecule has 0 fully saturated rings. The summed E-state index contributed by atoms with van der Waals surface area (Å²) in [5.41, 5.74) is 7.51. The number of carbonyl (C=O) groups excluding carboxylic acids is 1. The fourth-order valence-electron chi connectivity index (χ4n) is 4.94. The van der Waals surface area contributed by atoms with Crippen LogP contribution in [0.4, 0.5) is 5.69 Å². The molecule has 2 heterocycles. The minimum absolute atomic E-state index is 0.0788. The Morgan fingerprint density at radius 3 is 2.38 bits per heavy atom. The number of carboxylic acids is 1. The monoisotopic (exact) mass is 426 g/mol. The molecule has 32 heavy (non-hydrogen) atoms. The first-order chi connectivity index (χ1) is 15.5. The van der Waals surface area contributed by atoms with E-state index in [0.29, 0.717) is 18.7 Å². The van der Waals surface area contributed by atoms with Gasteiger partial charge in [-0.3, -0.25) is 4.79 Å². The lowest BCUT2D eigenvalue weighted by atomic mass is 9.88. The Balaban J connectivity index is 1.50. The third-order valence-electron chi connectivity index (χ3n) is 6.69. The van der Waals surface area contributed by atoms with Crippen molar-refractivity contribution < 1.29 is 14.7 Å². The Morgan fingerprint density at radius 1 is 0.875 bits per heavy atom.